The van der Waals surface area contributed by atoms with Gasteiger partial charge in [-0.25, -0.2) is 0 Å². The standard InChI is InChI=1S/C18H19NO2/c1-13-10-15-4-2-3-5-17(15)19(11-13)12-18(21)14-6-8-16(20)9-7-14/h2-9,13,20H,10-12H2,1H3. The van der Waals surface area contributed by atoms with E-state index in [0.717, 1.165) is 13.0 Å². The molecule has 1 unspecified atom stereocenters. The molecule has 0 amide bonds. The van der Waals surface area contributed by atoms with E-state index >= 15 is 0 Å². The highest BCUT2D eigenvalue weighted by atomic mass is 16.3. The highest BCUT2D eigenvalue weighted by Crippen LogP contribution is 2.29. The number of para-hydroxylation sites is 1. The molecule has 2 aromatic carbocycles. The Hall–Kier alpha value is -2.29. The van der Waals surface area contributed by atoms with Gasteiger partial charge in [0, 0.05) is 17.8 Å². The van der Waals surface area contributed by atoms with Gasteiger partial charge >= 0.3 is 0 Å². The van der Waals surface area contributed by atoms with E-state index in [4.69, 9.17) is 0 Å². The number of carbonyl (C=O) groups is 1. The van der Waals surface area contributed by atoms with Crippen LogP contribution in [-0.4, -0.2) is 24.0 Å². The van der Waals surface area contributed by atoms with E-state index in [9.17, 15) is 9.90 Å². The fourth-order valence-corrected chi connectivity index (χ4v) is 2.97. The summed E-state index contributed by atoms with van der Waals surface area (Å²) in [5.41, 5.74) is 3.13. The number of hydrogen-bond acceptors (Lipinski definition) is 3. The fourth-order valence-electron chi connectivity index (χ4n) is 2.97. The Morgan fingerprint density at radius 3 is 2.67 bits per heavy atom. The van der Waals surface area contributed by atoms with Crippen molar-refractivity contribution in [2.45, 2.75) is 13.3 Å². The van der Waals surface area contributed by atoms with E-state index in [0.29, 0.717) is 18.0 Å². The smallest absolute Gasteiger partial charge is 0.182 e. The molecule has 1 aliphatic rings. The monoisotopic (exact) mass is 281 g/mol. The molecule has 21 heavy (non-hydrogen) atoms. The molecule has 1 N–H and O–H groups in total. The molecule has 0 fully saturated rings. The number of rotatable bonds is 3. The highest BCUT2D eigenvalue weighted by Gasteiger charge is 2.23. The number of anilines is 1. The molecule has 0 aromatic heterocycles. The Balaban J connectivity index is 1.81. The van der Waals surface area contributed by atoms with Gasteiger partial charge in [-0.2, -0.15) is 0 Å². The maximum Gasteiger partial charge on any atom is 0.182 e. The van der Waals surface area contributed by atoms with Crippen LogP contribution < -0.4 is 4.90 Å². The van der Waals surface area contributed by atoms with Crippen LogP contribution in [0.5, 0.6) is 5.75 Å². The predicted molar refractivity (Wildman–Crippen MR) is 84.0 cm³/mol. The number of carbonyl (C=O) groups excluding carboxylic acids is 1. The lowest BCUT2D eigenvalue weighted by molar-refractivity contribution is 0.0998. The summed E-state index contributed by atoms with van der Waals surface area (Å²) in [7, 11) is 0. The average molecular weight is 281 g/mol. The number of benzene rings is 2. The molecule has 3 rings (SSSR count). The van der Waals surface area contributed by atoms with Gasteiger partial charge in [0.05, 0.1) is 6.54 Å². The van der Waals surface area contributed by atoms with E-state index in [1.807, 2.05) is 6.07 Å². The molecule has 0 saturated carbocycles. The lowest BCUT2D eigenvalue weighted by atomic mass is 9.93. The minimum Gasteiger partial charge on any atom is -0.508 e. The van der Waals surface area contributed by atoms with Crippen molar-refractivity contribution in [3.05, 3.63) is 59.7 Å². The molecule has 1 heterocycles. The maximum absolute atomic E-state index is 12.4. The van der Waals surface area contributed by atoms with Crippen LogP contribution in [0.25, 0.3) is 0 Å². The van der Waals surface area contributed by atoms with E-state index in [1.54, 1.807) is 24.3 Å². The van der Waals surface area contributed by atoms with Gasteiger partial charge in [-0.05, 0) is 48.2 Å². The van der Waals surface area contributed by atoms with Gasteiger partial charge < -0.3 is 10.0 Å². The third-order valence-electron chi connectivity index (χ3n) is 3.96. The summed E-state index contributed by atoms with van der Waals surface area (Å²) in [6, 6.07) is 14.8. The Labute approximate surface area is 124 Å². The Morgan fingerprint density at radius 1 is 1.19 bits per heavy atom. The quantitative estimate of drug-likeness (QED) is 0.878. The van der Waals surface area contributed by atoms with E-state index in [1.165, 1.54) is 11.3 Å². The van der Waals surface area contributed by atoms with Crippen molar-refractivity contribution in [1.29, 1.82) is 0 Å². The molecule has 0 radical (unpaired) electrons. The summed E-state index contributed by atoms with van der Waals surface area (Å²) in [5, 5.41) is 9.30. The lowest BCUT2D eigenvalue weighted by Crippen LogP contribution is -2.38. The number of nitrogens with zero attached hydrogens (tertiary/aromatic N) is 1. The normalized spacial score (nSPS) is 17.4. The van der Waals surface area contributed by atoms with Gasteiger partial charge in [-0.15, -0.1) is 0 Å². The number of aromatic hydroxyl groups is 1. The molecule has 2 aromatic rings. The van der Waals surface area contributed by atoms with Crippen LogP contribution in [0.3, 0.4) is 0 Å². The van der Waals surface area contributed by atoms with Crippen molar-refractivity contribution in [2.75, 3.05) is 18.0 Å². The number of hydrogen-bond donors (Lipinski definition) is 1. The molecule has 0 spiro atoms. The molecule has 3 heteroatoms. The number of ketones is 1. The van der Waals surface area contributed by atoms with Crippen molar-refractivity contribution in [3.8, 4) is 5.75 Å². The first kappa shape index (κ1) is 13.7. The maximum atomic E-state index is 12.4. The van der Waals surface area contributed by atoms with Gasteiger partial charge in [0.1, 0.15) is 5.75 Å². The van der Waals surface area contributed by atoms with Gasteiger partial charge in [-0.3, -0.25) is 4.79 Å². The average Bonchev–Trinajstić information content (AvgIpc) is 2.47. The number of phenols is 1. The van der Waals surface area contributed by atoms with Gasteiger partial charge in [-0.1, -0.05) is 25.1 Å². The number of fused-ring (bicyclic) bond motifs is 1. The zero-order chi connectivity index (χ0) is 14.8. The summed E-state index contributed by atoms with van der Waals surface area (Å²) in [4.78, 5) is 14.6. The zero-order valence-electron chi connectivity index (χ0n) is 12.1. The topological polar surface area (TPSA) is 40.5 Å². The van der Waals surface area contributed by atoms with Crippen molar-refractivity contribution in [2.24, 2.45) is 5.92 Å². The van der Waals surface area contributed by atoms with Crippen molar-refractivity contribution in [3.63, 3.8) is 0 Å². The van der Waals surface area contributed by atoms with Crippen LogP contribution >= 0.6 is 0 Å². The molecule has 0 saturated heterocycles. The first-order chi connectivity index (χ1) is 10.1. The lowest BCUT2D eigenvalue weighted by Gasteiger charge is -2.34. The second kappa shape index (κ2) is 5.60. The second-order valence-electron chi connectivity index (χ2n) is 5.79. The summed E-state index contributed by atoms with van der Waals surface area (Å²) in [6.07, 6.45) is 1.07. The third-order valence-corrected chi connectivity index (χ3v) is 3.96. The first-order valence-corrected chi connectivity index (χ1v) is 7.28. The molecule has 1 aliphatic heterocycles. The minimum absolute atomic E-state index is 0.0823. The van der Waals surface area contributed by atoms with Gasteiger partial charge in [0.2, 0.25) is 0 Å². The van der Waals surface area contributed by atoms with Crippen LogP contribution in [0, 0.1) is 5.92 Å². The summed E-state index contributed by atoms with van der Waals surface area (Å²) in [5.74, 6) is 0.815. The predicted octanol–water partition coefficient (Wildman–Crippen LogP) is 3.27. The van der Waals surface area contributed by atoms with Crippen molar-refractivity contribution in [1.82, 2.24) is 0 Å². The summed E-state index contributed by atoms with van der Waals surface area (Å²) in [6.45, 7) is 3.50. The van der Waals surface area contributed by atoms with Crippen molar-refractivity contribution >= 4 is 11.5 Å². The molecular weight excluding hydrogens is 262 g/mol. The molecule has 0 bridgehead atoms. The molecule has 1 atom stereocenters. The minimum atomic E-state index is 0.0823. The van der Waals surface area contributed by atoms with Crippen LogP contribution in [0.4, 0.5) is 5.69 Å². The highest BCUT2D eigenvalue weighted by molar-refractivity contribution is 5.99. The largest absolute Gasteiger partial charge is 0.508 e. The molecule has 0 aliphatic carbocycles. The van der Waals surface area contributed by atoms with Crippen LogP contribution in [0.2, 0.25) is 0 Å². The summed E-state index contributed by atoms with van der Waals surface area (Å²) >= 11 is 0. The number of Topliss-reactive ketones (excluding diaryl/α,β-unsaturated/α-hetero) is 1. The van der Waals surface area contributed by atoms with E-state index in [2.05, 4.69) is 30.0 Å². The van der Waals surface area contributed by atoms with E-state index in [-0.39, 0.29) is 11.5 Å². The van der Waals surface area contributed by atoms with Crippen LogP contribution in [-0.2, 0) is 6.42 Å². The van der Waals surface area contributed by atoms with E-state index < -0.39 is 0 Å². The molecule has 3 nitrogen and oxygen atoms in total. The first-order valence-electron chi connectivity index (χ1n) is 7.28. The van der Waals surface area contributed by atoms with Crippen LogP contribution in [0.15, 0.2) is 48.5 Å². The van der Waals surface area contributed by atoms with Gasteiger partial charge in [0.25, 0.3) is 0 Å². The molecular formula is C18H19NO2. The Bertz CT molecular complexity index is 649. The SMILES string of the molecule is CC1Cc2ccccc2N(CC(=O)c2ccc(O)cc2)C1. The Kier molecular flexibility index (Phi) is 3.65. The van der Waals surface area contributed by atoms with Crippen LogP contribution in [0.1, 0.15) is 22.8 Å². The number of phenolic OH excluding ortho intramolecular Hbond substituents is 1. The summed E-state index contributed by atoms with van der Waals surface area (Å²) < 4.78 is 0. The zero-order valence-corrected chi connectivity index (χ0v) is 12.1. The van der Waals surface area contributed by atoms with Gasteiger partial charge in [0.15, 0.2) is 5.78 Å². The Morgan fingerprint density at radius 2 is 1.90 bits per heavy atom. The van der Waals surface area contributed by atoms with Crippen molar-refractivity contribution < 1.29 is 9.90 Å². The second-order valence-corrected chi connectivity index (χ2v) is 5.79. The molecule has 108 valence electrons. The third kappa shape index (κ3) is 2.92. The fraction of sp³-hybridized carbons (Fsp3) is 0.278.